The Labute approximate surface area is 91.6 Å². The smallest absolute Gasteiger partial charge is 0.223 e. The van der Waals surface area contributed by atoms with Gasteiger partial charge in [0.25, 0.3) is 0 Å². The van der Waals surface area contributed by atoms with Gasteiger partial charge in [0.2, 0.25) is 11.8 Å². The van der Waals surface area contributed by atoms with E-state index in [9.17, 15) is 9.59 Å². The molecule has 0 radical (unpaired) electrons. The van der Waals surface area contributed by atoms with Crippen LogP contribution >= 0.6 is 0 Å². The number of nitrogens with one attached hydrogen (secondary N) is 1. The summed E-state index contributed by atoms with van der Waals surface area (Å²) >= 11 is 0. The topological polar surface area (TPSA) is 72.2 Å². The fourth-order valence-electron chi connectivity index (χ4n) is 1.93. The highest BCUT2D eigenvalue weighted by Gasteiger charge is 2.33. The van der Waals surface area contributed by atoms with Gasteiger partial charge in [-0.25, -0.2) is 0 Å². The van der Waals surface area contributed by atoms with Crippen molar-refractivity contribution in [2.24, 2.45) is 23.5 Å². The first-order valence-corrected chi connectivity index (χ1v) is 5.46. The molecule has 0 bridgehead atoms. The van der Waals surface area contributed by atoms with E-state index < -0.39 is 0 Å². The van der Waals surface area contributed by atoms with Gasteiger partial charge in [0, 0.05) is 13.0 Å². The minimum atomic E-state index is -0.376. The molecule has 2 atom stereocenters. The van der Waals surface area contributed by atoms with Crippen LogP contribution in [-0.2, 0) is 9.59 Å². The van der Waals surface area contributed by atoms with Gasteiger partial charge in [-0.1, -0.05) is 27.2 Å². The van der Waals surface area contributed by atoms with Gasteiger partial charge in [0.1, 0.15) is 0 Å². The van der Waals surface area contributed by atoms with Crippen LogP contribution in [0.4, 0.5) is 0 Å². The third-order valence-electron chi connectivity index (χ3n) is 2.67. The summed E-state index contributed by atoms with van der Waals surface area (Å²) in [5.41, 5.74) is 5.34. The highest BCUT2D eigenvalue weighted by atomic mass is 16.2. The zero-order valence-corrected chi connectivity index (χ0v) is 10.0. The molecular formula is C11H22N2O2. The molecule has 0 fully saturated rings. The SMILES string of the molecule is CCC[C@H](C(N)=O)C(C(=O)NC)C(C)C. The molecule has 0 rings (SSSR count). The summed E-state index contributed by atoms with van der Waals surface area (Å²) in [5.74, 6) is -1.02. The van der Waals surface area contributed by atoms with E-state index in [4.69, 9.17) is 5.73 Å². The average Bonchev–Trinajstić information content (AvgIpc) is 2.15. The number of carbonyl (C=O) groups is 2. The highest BCUT2D eigenvalue weighted by Crippen LogP contribution is 2.25. The maximum absolute atomic E-state index is 11.7. The van der Waals surface area contributed by atoms with Crippen molar-refractivity contribution in [3.8, 4) is 0 Å². The van der Waals surface area contributed by atoms with Gasteiger partial charge >= 0.3 is 0 Å². The molecule has 0 aliphatic rings. The third-order valence-corrected chi connectivity index (χ3v) is 2.67. The second-order valence-corrected chi connectivity index (χ2v) is 4.18. The Morgan fingerprint density at radius 1 is 1.33 bits per heavy atom. The van der Waals surface area contributed by atoms with E-state index in [-0.39, 0.29) is 29.6 Å². The van der Waals surface area contributed by atoms with Crippen molar-refractivity contribution in [1.82, 2.24) is 5.32 Å². The molecule has 15 heavy (non-hydrogen) atoms. The van der Waals surface area contributed by atoms with Gasteiger partial charge in [0.05, 0.1) is 5.92 Å². The van der Waals surface area contributed by atoms with Gasteiger partial charge in [-0.05, 0) is 12.3 Å². The van der Waals surface area contributed by atoms with Crippen LogP contribution in [0.15, 0.2) is 0 Å². The molecule has 0 spiro atoms. The number of hydrogen-bond acceptors (Lipinski definition) is 2. The molecule has 0 heterocycles. The summed E-state index contributed by atoms with van der Waals surface area (Å²) in [7, 11) is 1.59. The van der Waals surface area contributed by atoms with Crippen molar-refractivity contribution >= 4 is 11.8 Å². The Balaban J connectivity index is 4.83. The second kappa shape index (κ2) is 6.43. The Kier molecular flexibility index (Phi) is 5.97. The van der Waals surface area contributed by atoms with E-state index in [1.165, 1.54) is 0 Å². The first-order valence-electron chi connectivity index (χ1n) is 5.46. The van der Waals surface area contributed by atoms with Crippen LogP contribution in [0.2, 0.25) is 0 Å². The van der Waals surface area contributed by atoms with Crippen LogP contribution < -0.4 is 11.1 Å². The minimum Gasteiger partial charge on any atom is -0.369 e. The van der Waals surface area contributed by atoms with Crippen LogP contribution in [0, 0.1) is 17.8 Å². The van der Waals surface area contributed by atoms with E-state index in [1.54, 1.807) is 7.05 Å². The van der Waals surface area contributed by atoms with Gasteiger partial charge < -0.3 is 11.1 Å². The van der Waals surface area contributed by atoms with E-state index in [2.05, 4.69) is 5.32 Å². The largest absolute Gasteiger partial charge is 0.369 e. The molecule has 4 heteroatoms. The zero-order chi connectivity index (χ0) is 12.0. The number of amides is 2. The van der Waals surface area contributed by atoms with Crippen LogP contribution in [0.5, 0.6) is 0 Å². The number of rotatable bonds is 6. The number of hydrogen-bond donors (Lipinski definition) is 2. The van der Waals surface area contributed by atoms with Crippen molar-refractivity contribution < 1.29 is 9.59 Å². The normalized spacial score (nSPS) is 14.7. The summed E-state index contributed by atoms with van der Waals surface area (Å²) in [6.07, 6.45) is 1.53. The van der Waals surface area contributed by atoms with Crippen LogP contribution in [0.1, 0.15) is 33.6 Å². The summed E-state index contributed by atoms with van der Waals surface area (Å²) in [6.45, 7) is 5.86. The summed E-state index contributed by atoms with van der Waals surface area (Å²) in [4.78, 5) is 23.0. The fourth-order valence-corrected chi connectivity index (χ4v) is 1.93. The van der Waals surface area contributed by atoms with Crippen molar-refractivity contribution in [3.05, 3.63) is 0 Å². The van der Waals surface area contributed by atoms with Crippen molar-refractivity contribution in [1.29, 1.82) is 0 Å². The van der Waals surface area contributed by atoms with E-state index in [0.717, 1.165) is 6.42 Å². The van der Waals surface area contributed by atoms with Crippen LogP contribution in [0.3, 0.4) is 0 Å². The maximum atomic E-state index is 11.7. The van der Waals surface area contributed by atoms with Crippen molar-refractivity contribution in [2.75, 3.05) is 7.05 Å². The molecule has 0 aliphatic carbocycles. The number of carbonyl (C=O) groups excluding carboxylic acids is 2. The Morgan fingerprint density at radius 2 is 1.87 bits per heavy atom. The van der Waals surface area contributed by atoms with Crippen LogP contribution in [0.25, 0.3) is 0 Å². The Morgan fingerprint density at radius 3 is 2.13 bits per heavy atom. The van der Waals surface area contributed by atoms with Gasteiger partial charge in [-0.3, -0.25) is 9.59 Å². The molecule has 0 saturated heterocycles. The number of nitrogens with two attached hydrogens (primary N) is 1. The maximum Gasteiger partial charge on any atom is 0.223 e. The molecule has 4 nitrogen and oxygen atoms in total. The molecule has 0 saturated carbocycles. The highest BCUT2D eigenvalue weighted by molar-refractivity contribution is 5.86. The molecule has 0 aliphatic heterocycles. The Bertz CT molecular complexity index is 227. The molecule has 0 aromatic rings. The summed E-state index contributed by atoms with van der Waals surface area (Å²) < 4.78 is 0. The standard InChI is InChI=1S/C11H22N2O2/c1-5-6-8(10(12)14)9(7(2)3)11(15)13-4/h7-9H,5-6H2,1-4H3,(H2,12,14)(H,13,15)/t8-,9?/m0/s1. The predicted octanol–water partition coefficient (Wildman–Crippen LogP) is 0.906. The molecule has 1 unspecified atom stereocenters. The lowest BCUT2D eigenvalue weighted by Gasteiger charge is -2.26. The molecule has 0 aromatic carbocycles. The lowest BCUT2D eigenvalue weighted by atomic mass is 9.80. The molecule has 3 N–H and O–H groups in total. The van der Waals surface area contributed by atoms with Gasteiger partial charge in [0.15, 0.2) is 0 Å². The molecule has 0 aromatic heterocycles. The lowest BCUT2D eigenvalue weighted by Crippen LogP contribution is -2.41. The molecule has 88 valence electrons. The number of primary amides is 1. The predicted molar refractivity (Wildman–Crippen MR) is 60.0 cm³/mol. The van der Waals surface area contributed by atoms with E-state index in [1.807, 2.05) is 20.8 Å². The molecular weight excluding hydrogens is 192 g/mol. The second-order valence-electron chi connectivity index (χ2n) is 4.18. The Hall–Kier alpha value is -1.06. The van der Waals surface area contributed by atoms with Crippen LogP contribution in [-0.4, -0.2) is 18.9 Å². The molecule has 2 amide bonds. The van der Waals surface area contributed by atoms with Gasteiger partial charge in [-0.15, -0.1) is 0 Å². The van der Waals surface area contributed by atoms with Crippen molar-refractivity contribution in [2.45, 2.75) is 33.6 Å². The lowest BCUT2D eigenvalue weighted by molar-refractivity contribution is -0.135. The van der Waals surface area contributed by atoms with Gasteiger partial charge in [-0.2, -0.15) is 0 Å². The van der Waals surface area contributed by atoms with E-state index in [0.29, 0.717) is 6.42 Å². The van der Waals surface area contributed by atoms with Crippen molar-refractivity contribution in [3.63, 3.8) is 0 Å². The first kappa shape index (κ1) is 13.9. The average molecular weight is 214 g/mol. The summed E-state index contributed by atoms with van der Waals surface area (Å²) in [5, 5.41) is 2.59. The monoisotopic (exact) mass is 214 g/mol. The first-order chi connectivity index (χ1) is 6.95. The third kappa shape index (κ3) is 3.90. The van der Waals surface area contributed by atoms with E-state index >= 15 is 0 Å². The zero-order valence-electron chi connectivity index (χ0n) is 10.0. The minimum absolute atomic E-state index is 0.0951. The quantitative estimate of drug-likeness (QED) is 0.689. The summed E-state index contributed by atoms with van der Waals surface area (Å²) in [6, 6.07) is 0. The fraction of sp³-hybridized carbons (Fsp3) is 0.818.